The van der Waals surface area contributed by atoms with E-state index < -0.39 is 54.9 Å². The van der Waals surface area contributed by atoms with Gasteiger partial charge in [-0.05, 0) is 67.8 Å². The van der Waals surface area contributed by atoms with Crippen molar-refractivity contribution in [1.82, 2.24) is 19.2 Å². The van der Waals surface area contributed by atoms with Gasteiger partial charge in [0.05, 0.1) is 23.7 Å². The zero-order chi connectivity index (χ0) is 39.9. The van der Waals surface area contributed by atoms with Crippen LogP contribution in [0.1, 0.15) is 48.8 Å². The number of hydrogen-bond donors (Lipinski definition) is 1. The van der Waals surface area contributed by atoms with E-state index in [1.165, 1.54) is 29.2 Å². The summed E-state index contributed by atoms with van der Waals surface area (Å²) in [6.45, 7) is 5.51. The summed E-state index contributed by atoms with van der Waals surface area (Å²) < 4.78 is 82.6. The molecule has 0 aliphatic carbocycles. The second-order valence-electron chi connectivity index (χ2n) is 12.5. The van der Waals surface area contributed by atoms with Gasteiger partial charge in [-0.25, -0.2) is 18.4 Å². The number of rotatable bonds is 15. The number of hydrogen-bond acceptors (Lipinski definition) is 11. The standard InChI is InChI=1S/C37H42F3N7O7S/c1-4-27-24-44(36(48)29-14-16-33(53-5-2)43-34(29)37(38,39)40)20-21-46(27)30-15-13-25(28-10-9-18-42-35(28)54-6-3)22-26(30)23-45(19-17-41)55(51,52)32-12-8-7-11-31(32)47(49)50/h7-16,18,22,27H,4-6,17,19-21,23-24,41H2,1-3H3/t27-/m1/s1. The van der Waals surface area contributed by atoms with Gasteiger partial charge in [0, 0.05) is 74.9 Å². The number of carbonyl (C=O) groups excluding carboxylic acids is 1. The van der Waals surface area contributed by atoms with Crippen LogP contribution in [-0.2, 0) is 22.7 Å². The van der Waals surface area contributed by atoms with Gasteiger partial charge >= 0.3 is 6.18 Å². The zero-order valence-corrected chi connectivity index (χ0v) is 31.3. The lowest BCUT2D eigenvalue weighted by Gasteiger charge is -2.43. The van der Waals surface area contributed by atoms with Gasteiger partial charge in [-0.1, -0.05) is 25.1 Å². The summed E-state index contributed by atoms with van der Waals surface area (Å²) in [6, 6.07) is 15.9. The van der Waals surface area contributed by atoms with Gasteiger partial charge in [0.15, 0.2) is 10.6 Å². The molecule has 0 radical (unpaired) electrons. The molecule has 1 fully saturated rings. The van der Waals surface area contributed by atoms with Crippen LogP contribution < -0.4 is 20.1 Å². The van der Waals surface area contributed by atoms with E-state index in [1.54, 1.807) is 25.3 Å². The van der Waals surface area contributed by atoms with Crippen molar-refractivity contribution in [3.8, 4) is 22.9 Å². The van der Waals surface area contributed by atoms with Crippen molar-refractivity contribution in [3.05, 3.63) is 99.9 Å². The molecule has 3 heterocycles. The number of nitrogens with two attached hydrogens (primary N) is 1. The summed E-state index contributed by atoms with van der Waals surface area (Å²) in [5.74, 6) is -0.720. The van der Waals surface area contributed by atoms with Crippen LogP contribution in [0, 0.1) is 10.1 Å². The van der Waals surface area contributed by atoms with E-state index in [1.807, 2.05) is 36.9 Å². The molecule has 1 aliphatic heterocycles. The van der Waals surface area contributed by atoms with Crippen LogP contribution in [0.4, 0.5) is 24.5 Å². The van der Waals surface area contributed by atoms with Crippen LogP contribution in [-0.4, -0.2) is 90.4 Å². The van der Waals surface area contributed by atoms with Gasteiger partial charge in [-0.3, -0.25) is 14.9 Å². The molecular formula is C37H42F3N7O7S. The average Bonchev–Trinajstić information content (AvgIpc) is 3.17. The maximum absolute atomic E-state index is 14.1. The Balaban J connectivity index is 1.56. The molecule has 294 valence electrons. The lowest BCUT2D eigenvalue weighted by atomic mass is 9.99. The predicted octanol–water partition coefficient (Wildman–Crippen LogP) is 5.76. The predicted molar refractivity (Wildman–Crippen MR) is 198 cm³/mol. The molecule has 1 amide bonds. The van der Waals surface area contributed by atoms with Crippen molar-refractivity contribution in [1.29, 1.82) is 0 Å². The Kier molecular flexibility index (Phi) is 12.9. The second kappa shape index (κ2) is 17.4. The first kappa shape index (κ1) is 40.8. The molecule has 2 aromatic heterocycles. The fourth-order valence-electron chi connectivity index (χ4n) is 6.54. The molecule has 0 bridgehead atoms. The third kappa shape index (κ3) is 8.98. The van der Waals surface area contributed by atoms with E-state index in [4.69, 9.17) is 15.2 Å². The highest BCUT2D eigenvalue weighted by Crippen LogP contribution is 2.37. The fourth-order valence-corrected chi connectivity index (χ4v) is 8.13. The van der Waals surface area contributed by atoms with Crippen molar-refractivity contribution in [2.75, 3.05) is 50.8 Å². The van der Waals surface area contributed by atoms with Crippen molar-refractivity contribution in [2.45, 2.75) is 50.9 Å². The summed E-state index contributed by atoms with van der Waals surface area (Å²) >= 11 is 0. The fraction of sp³-hybridized carbons (Fsp3) is 0.378. The van der Waals surface area contributed by atoms with E-state index >= 15 is 0 Å². The smallest absolute Gasteiger partial charge is 0.434 e. The Hall–Kier alpha value is -5.33. The minimum atomic E-state index is -4.91. The number of amides is 1. The number of pyridine rings is 2. The Morgan fingerprint density at radius 2 is 1.78 bits per heavy atom. The molecule has 0 saturated carbocycles. The summed E-state index contributed by atoms with van der Waals surface area (Å²) in [5, 5.41) is 11.9. The van der Waals surface area contributed by atoms with Crippen LogP contribution in [0.3, 0.4) is 0 Å². The maximum Gasteiger partial charge on any atom is 0.434 e. The third-order valence-corrected chi connectivity index (χ3v) is 11.0. The number of nitro groups is 1. The highest BCUT2D eigenvalue weighted by atomic mass is 32.2. The molecule has 0 spiro atoms. The number of sulfonamides is 1. The maximum atomic E-state index is 14.1. The number of nitro benzene ring substituents is 1. The molecule has 1 saturated heterocycles. The lowest BCUT2D eigenvalue weighted by molar-refractivity contribution is -0.387. The first-order valence-corrected chi connectivity index (χ1v) is 19.1. The molecule has 2 N–H and O–H groups in total. The molecule has 55 heavy (non-hydrogen) atoms. The van der Waals surface area contributed by atoms with Crippen LogP contribution in [0.25, 0.3) is 11.1 Å². The molecule has 18 heteroatoms. The van der Waals surface area contributed by atoms with E-state index in [-0.39, 0.29) is 51.8 Å². The summed E-state index contributed by atoms with van der Waals surface area (Å²) in [6.07, 6.45) is -2.86. The quantitative estimate of drug-likeness (QED) is 0.115. The van der Waals surface area contributed by atoms with Crippen molar-refractivity contribution in [3.63, 3.8) is 0 Å². The van der Waals surface area contributed by atoms with Crippen LogP contribution in [0.2, 0.25) is 0 Å². The topological polar surface area (TPSA) is 174 Å². The SMILES string of the molecule is CCOc1ccc(C(=O)N2CCN(c3ccc(-c4cccnc4OCC)cc3CN(CCN)S(=O)(=O)c3ccccc3[N+](=O)[O-])[C@H](CC)C2)c(C(F)(F)F)n1. The lowest BCUT2D eigenvalue weighted by Crippen LogP contribution is -2.55. The highest BCUT2D eigenvalue weighted by Gasteiger charge is 2.40. The van der Waals surface area contributed by atoms with Crippen LogP contribution in [0.15, 0.2) is 77.8 Å². The first-order valence-electron chi connectivity index (χ1n) is 17.7. The first-order chi connectivity index (χ1) is 26.2. The van der Waals surface area contributed by atoms with Crippen molar-refractivity contribution >= 4 is 27.3 Å². The van der Waals surface area contributed by atoms with Gasteiger partial charge in [-0.15, -0.1) is 0 Å². The molecule has 2 aromatic carbocycles. The van der Waals surface area contributed by atoms with Crippen molar-refractivity contribution in [2.24, 2.45) is 5.73 Å². The largest absolute Gasteiger partial charge is 0.478 e. The minimum absolute atomic E-state index is 0.0408. The molecular weight excluding hydrogens is 744 g/mol. The summed E-state index contributed by atoms with van der Waals surface area (Å²) in [5.41, 5.74) is 5.79. The normalized spacial score (nSPS) is 14.9. The Morgan fingerprint density at radius 3 is 2.45 bits per heavy atom. The number of carbonyl (C=O) groups is 1. The van der Waals surface area contributed by atoms with Gasteiger partial charge in [0.25, 0.3) is 11.6 Å². The second-order valence-corrected chi connectivity index (χ2v) is 14.4. The number of piperazine rings is 1. The van der Waals surface area contributed by atoms with Gasteiger partial charge < -0.3 is 25.0 Å². The highest BCUT2D eigenvalue weighted by molar-refractivity contribution is 7.89. The molecule has 1 aliphatic rings. The third-order valence-electron chi connectivity index (χ3n) is 9.06. The van der Waals surface area contributed by atoms with Crippen molar-refractivity contribution < 1.29 is 40.8 Å². The average molecular weight is 786 g/mol. The Bertz CT molecular complexity index is 2120. The Labute approximate surface area is 316 Å². The molecule has 1 atom stereocenters. The number of para-hydroxylation sites is 1. The number of halogens is 3. The van der Waals surface area contributed by atoms with Crippen LogP contribution in [0.5, 0.6) is 11.8 Å². The Morgan fingerprint density at radius 1 is 1.04 bits per heavy atom. The monoisotopic (exact) mass is 785 g/mol. The van der Waals surface area contributed by atoms with E-state index in [0.29, 0.717) is 41.3 Å². The number of benzene rings is 2. The van der Waals surface area contributed by atoms with Gasteiger partial charge in [0.1, 0.15) is 0 Å². The number of aromatic nitrogens is 2. The minimum Gasteiger partial charge on any atom is -0.478 e. The van der Waals surface area contributed by atoms with Gasteiger partial charge in [-0.2, -0.15) is 17.5 Å². The summed E-state index contributed by atoms with van der Waals surface area (Å²) in [4.78, 5) is 35.6. The number of nitrogens with zero attached hydrogens (tertiary/aromatic N) is 6. The zero-order valence-electron chi connectivity index (χ0n) is 30.5. The number of anilines is 1. The number of ether oxygens (including phenoxy) is 2. The van der Waals surface area contributed by atoms with E-state index in [2.05, 4.69) is 9.97 Å². The van der Waals surface area contributed by atoms with E-state index in [9.17, 15) is 36.5 Å². The molecule has 0 unspecified atom stereocenters. The van der Waals surface area contributed by atoms with E-state index in [0.717, 1.165) is 16.4 Å². The van der Waals surface area contributed by atoms with Crippen LogP contribution >= 0.6 is 0 Å². The van der Waals surface area contributed by atoms with Gasteiger partial charge in [0.2, 0.25) is 21.8 Å². The molecule has 4 aromatic rings. The molecule has 14 nitrogen and oxygen atoms in total. The number of alkyl halides is 3. The molecule has 5 rings (SSSR count). The summed E-state index contributed by atoms with van der Waals surface area (Å²) in [7, 11) is -4.48.